The molecule has 0 atom stereocenters. The van der Waals surface area contributed by atoms with E-state index in [0.717, 1.165) is 25.4 Å². The van der Waals surface area contributed by atoms with Crippen molar-refractivity contribution in [3.63, 3.8) is 0 Å². The van der Waals surface area contributed by atoms with Crippen molar-refractivity contribution < 1.29 is 4.74 Å². The predicted octanol–water partition coefficient (Wildman–Crippen LogP) is 7.73. The third-order valence-electron chi connectivity index (χ3n) is 5.16. The largest absolute Gasteiger partial charge is 0.489 e. The molecular formula is C30H35NOS. The molecule has 0 spiro atoms. The molecule has 0 aliphatic heterocycles. The van der Waals surface area contributed by atoms with Crippen LogP contribution in [0, 0.1) is 24.2 Å². The van der Waals surface area contributed by atoms with Crippen LogP contribution in [0.15, 0.2) is 72.1 Å². The topological polar surface area (TPSA) is 12.5 Å². The van der Waals surface area contributed by atoms with Crippen LogP contribution in [-0.2, 0) is 13.2 Å². The fourth-order valence-corrected chi connectivity index (χ4v) is 4.13. The maximum absolute atomic E-state index is 6.14. The van der Waals surface area contributed by atoms with E-state index in [9.17, 15) is 0 Å². The number of ether oxygens (including phenoxy) is 1. The summed E-state index contributed by atoms with van der Waals surface area (Å²) in [5, 5.41) is 2.21. The number of aryl methyl sites for hydroxylation is 1. The molecular weight excluding hydrogens is 422 g/mol. The van der Waals surface area contributed by atoms with Gasteiger partial charge in [-0.2, -0.15) is 0 Å². The first-order chi connectivity index (χ1) is 15.8. The Kier molecular flexibility index (Phi) is 8.95. The van der Waals surface area contributed by atoms with Crippen molar-refractivity contribution in [1.82, 2.24) is 4.90 Å². The SMILES string of the molecule is CCN(CC=CC#CC(C)(C)C)Cc1cccc(OCc2cccc(-c3csc(C)c3)c2)c1. The summed E-state index contributed by atoms with van der Waals surface area (Å²) in [5.41, 5.74) is 5.00. The zero-order valence-electron chi connectivity index (χ0n) is 20.5. The minimum atomic E-state index is 0.0412. The molecule has 0 bridgehead atoms. The summed E-state index contributed by atoms with van der Waals surface area (Å²) in [6, 6.07) is 19.3. The number of likely N-dealkylation sites (N-methyl/N-ethyl adjacent to an activating group) is 1. The van der Waals surface area contributed by atoms with Crippen molar-refractivity contribution in [2.45, 2.75) is 47.8 Å². The standard InChI is InChI=1S/C30H35NOS/c1-6-31(17-9-7-8-16-30(3,4)5)21-25-12-11-15-29(20-25)32-22-26-13-10-14-27(19-26)28-18-24(2)33-23-28/h7,9-15,18-20,23H,6,17,21-22H2,1-5H3. The van der Waals surface area contributed by atoms with E-state index < -0.39 is 0 Å². The molecule has 3 rings (SSSR count). The Morgan fingerprint density at radius 1 is 1.00 bits per heavy atom. The lowest BCUT2D eigenvalue weighted by Crippen LogP contribution is -2.22. The number of benzene rings is 2. The summed E-state index contributed by atoms with van der Waals surface area (Å²) in [7, 11) is 0. The molecule has 1 aromatic heterocycles. The van der Waals surface area contributed by atoms with Gasteiger partial charge in [0, 0.05) is 23.4 Å². The summed E-state index contributed by atoms with van der Waals surface area (Å²) in [6.45, 7) is 14.0. The van der Waals surface area contributed by atoms with E-state index in [1.807, 2.05) is 12.1 Å². The smallest absolute Gasteiger partial charge is 0.120 e. The third kappa shape index (κ3) is 8.57. The third-order valence-corrected chi connectivity index (χ3v) is 6.02. The van der Waals surface area contributed by atoms with E-state index in [1.54, 1.807) is 11.3 Å². The monoisotopic (exact) mass is 457 g/mol. The van der Waals surface area contributed by atoms with Gasteiger partial charge in [0.25, 0.3) is 0 Å². The second-order valence-electron chi connectivity index (χ2n) is 9.33. The number of nitrogens with zero attached hydrogens (tertiary/aromatic N) is 1. The predicted molar refractivity (Wildman–Crippen MR) is 143 cm³/mol. The fraction of sp³-hybridized carbons (Fsp3) is 0.333. The molecule has 33 heavy (non-hydrogen) atoms. The van der Waals surface area contributed by atoms with Crippen LogP contribution >= 0.6 is 11.3 Å². The molecule has 172 valence electrons. The number of allylic oxidation sites excluding steroid dienone is 1. The van der Waals surface area contributed by atoms with E-state index in [-0.39, 0.29) is 5.41 Å². The molecule has 3 aromatic rings. The summed E-state index contributed by atoms with van der Waals surface area (Å²) in [4.78, 5) is 3.72. The van der Waals surface area contributed by atoms with Gasteiger partial charge in [-0.15, -0.1) is 11.3 Å². The highest BCUT2D eigenvalue weighted by atomic mass is 32.1. The molecule has 0 saturated heterocycles. The van der Waals surface area contributed by atoms with Crippen LogP contribution < -0.4 is 4.74 Å². The van der Waals surface area contributed by atoms with Crippen LogP contribution in [0.1, 0.15) is 43.7 Å². The number of thiophene rings is 1. The van der Waals surface area contributed by atoms with Gasteiger partial charge < -0.3 is 4.74 Å². The minimum absolute atomic E-state index is 0.0412. The normalized spacial score (nSPS) is 11.6. The maximum Gasteiger partial charge on any atom is 0.120 e. The summed E-state index contributed by atoms with van der Waals surface area (Å²) in [6.07, 6.45) is 4.11. The molecule has 0 saturated carbocycles. The van der Waals surface area contributed by atoms with Crippen LogP contribution in [0.3, 0.4) is 0 Å². The van der Waals surface area contributed by atoms with Crippen LogP contribution in [0.4, 0.5) is 0 Å². The van der Waals surface area contributed by atoms with Gasteiger partial charge in [-0.1, -0.05) is 55.2 Å². The van der Waals surface area contributed by atoms with Gasteiger partial charge in [0.2, 0.25) is 0 Å². The molecule has 2 nitrogen and oxygen atoms in total. The number of hydrogen-bond donors (Lipinski definition) is 0. The van der Waals surface area contributed by atoms with Crippen molar-refractivity contribution in [3.8, 4) is 28.7 Å². The molecule has 0 radical (unpaired) electrons. The van der Waals surface area contributed by atoms with Gasteiger partial charge in [0.05, 0.1) is 0 Å². The van der Waals surface area contributed by atoms with E-state index in [2.05, 4.69) is 111 Å². The molecule has 1 heterocycles. The maximum atomic E-state index is 6.14. The van der Waals surface area contributed by atoms with Gasteiger partial charge in [0.1, 0.15) is 12.4 Å². The van der Waals surface area contributed by atoms with Gasteiger partial charge in [-0.3, -0.25) is 4.90 Å². The zero-order valence-corrected chi connectivity index (χ0v) is 21.3. The Balaban J connectivity index is 1.57. The summed E-state index contributed by atoms with van der Waals surface area (Å²) in [5.74, 6) is 7.30. The molecule has 0 aliphatic rings. The minimum Gasteiger partial charge on any atom is -0.489 e. The van der Waals surface area contributed by atoms with Crippen molar-refractivity contribution >= 4 is 11.3 Å². The first-order valence-corrected chi connectivity index (χ1v) is 12.5. The van der Waals surface area contributed by atoms with Crippen LogP contribution in [-0.4, -0.2) is 18.0 Å². The van der Waals surface area contributed by atoms with E-state index in [1.165, 1.54) is 27.1 Å². The highest BCUT2D eigenvalue weighted by Gasteiger charge is 2.06. The van der Waals surface area contributed by atoms with Crippen molar-refractivity contribution in [3.05, 3.63) is 88.1 Å². The molecule has 3 heteroatoms. The lowest BCUT2D eigenvalue weighted by atomic mass is 9.98. The Morgan fingerprint density at radius 2 is 1.79 bits per heavy atom. The summed E-state index contributed by atoms with van der Waals surface area (Å²) >= 11 is 1.79. The average Bonchev–Trinajstić information content (AvgIpc) is 3.23. The molecule has 0 amide bonds. The molecule has 0 unspecified atom stereocenters. The summed E-state index contributed by atoms with van der Waals surface area (Å²) < 4.78 is 6.14. The van der Waals surface area contributed by atoms with Crippen molar-refractivity contribution in [2.75, 3.05) is 13.1 Å². The molecule has 0 fully saturated rings. The lowest BCUT2D eigenvalue weighted by Gasteiger charge is -2.19. The highest BCUT2D eigenvalue weighted by Crippen LogP contribution is 2.26. The highest BCUT2D eigenvalue weighted by molar-refractivity contribution is 7.10. The average molecular weight is 458 g/mol. The first kappa shape index (κ1) is 24.8. The van der Waals surface area contributed by atoms with Crippen molar-refractivity contribution in [1.29, 1.82) is 0 Å². The molecule has 2 aromatic carbocycles. The molecule has 0 aliphatic carbocycles. The number of rotatable bonds is 9. The lowest BCUT2D eigenvalue weighted by molar-refractivity contribution is 0.299. The van der Waals surface area contributed by atoms with E-state index in [4.69, 9.17) is 4.74 Å². The second kappa shape index (κ2) is 11.9. The Labute approximate surface area is 203 Å². The van der Waals surface area contributed by atoms with Gasteiger partial charge in [-0.05, 0) is 92.2 Å². The Hall–Kier alpha value is -2.80. The van der Waals surface area contributed by atoms with E-state index in [0.29, 0.717) is 6.61 Å². The quantitative estimate of drug-likeness (QED) is 0.305. The van der Waals surface area contributed by atoms with Crippen LogP contribution in [0.25, 0.3) is 11.1 Å². The van der Waals surface area contributed by atoms with E-state index >= 15 is 0 Å². The zero-order chi connectivity index (χ0) is 23.7. The van der Waals surface area contributed by atoms with Crippen LogP contribution in [0.5, 0.6) is 5.75 Å². The molecule has 0 N–H and O–H groups in total. The fourth-order valence-electron chi connectivity index (χ4n) is 3.42. The number of hydrogen-bond acceptors (Lipinski definition) is 3. The van der Waals surface area contributed by atoms with Gasteiger partial charge in [-0.25, -0.2) is 0 Å². The van der Waals surface area contributed by atoms with Gasteiger partial charge in [0.15, 0.2) is 0 Å². The Bertz CT molecular complexity index is 1120. The van der Waals surface area contributed by atoms with Gasteiger partial charge >= 0.3 is 0 Å². The van der Waals surface area contributed by atoms with Crippen LogP contribution in [0.2, 0.25) is 0 Å². The van der Waals surface area contributed by atoms with Crippen molar-refractivity contribution in [2.24, 2.45) is 5.41 Å². The Morgan fingerprint density at radius 3 is 2.52 bits per heavy atom. The first-order valence-electron chi connectivity index (χ1n) is 11.6. The second-order valence-corrected chi connectivity index (χ2v) is 10.4.